The molecule has 22 heavy (non-hydrogen) atoms. The Kier molecular flexibility index (Phi) is 3.78. The molecule has 0 saturated carbocycles. The maximum atomic E-state index is 12.2. The molecule has 2 aromatic rings. The summed E-state index contributed by atoms with van der Waals surface area (Å²) < 4.78 is 1.20. The number of carboxylic acid groups (broad SMARTS) is 1. The highest BCUT2D eigenvalue weighted by Crippen LogP contribution is 2.30. The van der Waals surface area contributed by atoms with Gasteiger partial charge in [0, 0.05) is 22.7 Å². The number of fused-ring (bicyclic) bond motifs is 1. The zero-order valence-electron chi connectivity index (χ0n) is 12.3. The Hall–Kier alpha value is -2.08. The Balaban J connectivity index is 1.60. The molecule has 6 heteroatoms. The van der Waals surface area contributed by atoms with Crippen LogP contribution in [0.15, 0.2) is 30.3 Å². The fraction of sp³-hybridized carbons (Fsp3) is 0.375. The number of aliphatic carboxylic acids is 1. The number of carboxylic acids is 1. The van der Waals surface area contributed by atoms with E-state index in [4.69, 9.17) is 0 Å². The number of carbonyl (C=O) groups excluding carboxylic acids is 1. The summed E-state index contributed by atoms with van der Waals surface area (Å²) in [4.78, 5) is 26.1. The van der Waals surface area contributed by atoms with Gasteiger partial charge in [-0.25, -0.2) is 4.79 Å². The first kappa shape index (κ1) is 14.8. The molecule has 1 aromatic carbocycles. The third kappa shape index (κ3) is 2.78. The van der Waals surface area contributed by atoms with Gasteiger partial charge < -0.3 is 15.3 Å². The Labute approximate surface area is 132 Å². The van der Waals surface area contributed by atoms with Gasteiger partial charge in [0.05, 0.1) is 12.0 Å². The summed E-state index contributed by atoms with van der Waals surface area (Å²) in [6, 6.07) is 9.99. The molecule has 3 rings (SSSR count). The summed E-state index contributed by atoms with van der Waals surface area (Å²) in [5.41, 5.74) is -0.824. The summed E-state index contributed by atoms with van der Waals surface area (Å²) in [5, 5.41) is 13.3. The Morgan fingerprint density at radius 2 is 2.18 bits per heavy atom. The Morgan fingerprint density at radius 3 is 2.86 bits per heavy atom. The number of nitrogens with one attached hydrogen (secondary N) is 1. The molecule has 5 nitrogen and oxygen atoms in total. The lowest BCUT2D eigenvalue weighted by atomic mass is 9.90. The van der Waals surface area contributed by atoms with E-state index in [2.05, 4.69) is 23.5 Å². The summed E-state index contributed by atoms with van der Waals surface area (Å²) in [6.07, 6.45) is 0.499. The number of hydrogen-bond acceptors (Lipinski definition) is 3. The minimum absolute atomic E-state index is 0.192. The quantitative estimate of drug-likeness (QED) is 0.914. The molecule has 116 valence electrons. The van der Waals surface area contributed by atoms with Gasteiger partial charge in [-0.05, 0) is 30.9 Å². The van der Waals surface area contributed by atoms with E-state index in [9.17, 15) is 14.7 Å². The van der Waals surface area contributed by atoms with E-state index >= 15 is 0 Å². The van der Waals surface area contributed by atoms with Crippen LogP contribution in [0.4, 0.5) is 4.79 Å². The molecule has 1 aliphatic heterocycles. The molecular formula is C16H18N2O3S. The fourth-order valence-corrected chi connectivity index (χ4v) is 3.71. The zero-order valence-corrected chi connectivity index (χ0v) is 13.2. The molecule has 1 aromatic heterocycles. The van der Waals surface area contributed by atoms with Crippen LogP contribution >= 0.6 is 11.3 Å². The van der Waals surface area contributed by atoms with Crippen molar-refractivity contribution >= 4 is 33.4 Å². The summed E-state index contributed by atoms with van der Waals surface area (Å²) in [7, 11) is 0. The maximum absolute atomic E-state index is 12.2. The van der Waals surface area contributed by atoms with Crippen LogP contribution in [-0.2, 0) is 11.3 Å². The number of amides is 2. The number of nitrogens with zero attached hydrogens (tertiary/aromatic N) is 1. The van der Waals surface area contributed by atoms with Crippen molar-refractivity contribution in [2.75, 3.05) is 13.1 Å². The van der Waals surface area contributed by atoms with Crippen LogP contribution in [0.25, 0.3) is 10.1 Å². The SMILES string of the molecule is CC1(C(=O)O)CCN(C(=O)NCc2cc3ccccc3s2)C1. The number of thiophene rings is 1. The van der Waals surface area contributed by atoms with Crippen LogP contribution in [0.3, 0.4) is 0 Å². The van der Waals surface area contributed by atoms with Crippen LogP contribution in [-0.4, -0.2) is 35.1 Å². The van der Waals surface area contributed by atoms with Crippen molar-refractivity contribution in [2.45, 2.75) is 19.9 Å². The molecule has 1 unspecified atom stereocenters. The zero-order chi connectivity index (χ0) is 15.7. The van der Waals surface area contributed by atoms with Gasteiger partial charge in [-0.15, -0.1) is 11.3 Å². The van der Waals surface area contributed by atoms with E-state index in [0.717, 1.165) is 4.88 Å². The molecular weight excluding hydrogens is 300 g/mol. The molecule has 0 aliphatic carbocycles. The number of carbonyl (C=O) groups is 2. The van der Waals surface area contributed by atoms with Crippen molar-refractivity contribution in [1.82, 2.24) is 10.2 Å². The van der Waals surface area contributed by atoms with Gasteiger partial charge in [-0.3, -0.25) is 4.79 Å². The van der Waals surface area contributed by atoms with E-state index in [1.807, 2.05) is 12.1 Å². The lowest BCUT2D eigenvalue weighted by Gasteiger charge is -2.20. The molecule has 1 atom stereocenters. The maximum Gasteiger partial charge on any atom is 0.317 e. The molecule has 2 N–H and O–H groups in total. The smallest absolute Gasteiger partial charge is 0.317 e. The summed E-state index contributed by atoms with van der Waals surface area (Å²) in [5.74, 6) is -0.840. The van der Waals surface area contributed by atoms with Gasteiger partial charge in [-0.2, -0.15) is 0 Å². The largest absolute Gasteiger partial charge is 0.481 e. The van der Waals surface area contributed by atoms with Gasteiger partial charge in [0.2, 0.25) is 0 Å². The topological polar surface area (TPSA) is 69.6 Å². The highest BCUT2D eigenvalue weighted by molar-refractivity contribution is 7.19. The molecule has 1 aliphatic rings. The van der Waals surface area contributed by atoms with E-state index in [-0.39, 0.29) is 12.6 Å². The lowest BCUT2D eigenvalue weighted by Crippen LogP contribution is -2.40. The third-order valence-corrected chi connectivity index (χ3v) is 5.28. The van der Waals surface area contributed by atoms with Crippen molar-refractivity contribution in [3.05, 3.63) is 35.2 Å². The first-order chi connectivity index (χ1) is 10.5. The average Bonchev–Trinajstić information content (AvgIpc) is 3.09. The minimum Gasteiger partial charge on any atom is -0.481 e. The minimum atomic E-state index is -0.840. The molecule has 2 heterocycles. The number of likely N-dealkylation sites (tertiary alicyclic amines) is 1. The Morgan fingerprint density at radius 1 is 1.41 bits per heavy atom. The van der Waals surface area contributed by atoms with Gasteiger partial charge in [0.25, 0.3) is 0 Å². The van der Waals surface area contributed by atoms with Crippen molar-refractivity contribution in [1.29, 1.82) is 0 Å². The van der Waals surface area contributed by atoms with Crippen LogP contribution < -0.4 is 5.32 Å². The standard InChI is InChI=1S/C16H18N2O3S/c1-16(14(19)20)6-7-18(10-16)15(21)17-9-12-8-11-4-2-3-5-13(11)22-12/h2-5,8H,6-7,9-10H2,1H3,(H,17,21)(H,19,20). The highest BCUT2D eigenvalue weighted by atomic mass is 32.1. The molecule has 1 fully saturated rings. The van der Waals surface area contributed by atoms with Gasteiger partial charge in [0.15, 0.2) is 0 Å². The Bertz CT molecular complexity index is 694. The number of hydrogen-bond donors (Lipinski definition) is 2. The highest BCUT2D eigenvalue weighted by Gasteiger charge is 2.42. The first-order valence-electron chi connectivity index (χ1n) is 7.22. The van der Waals surface area contributed by atoms with Crippen LogP contribution in [0.2, 0.25) is 0 Å². The van der Waals surface area contributed by atoms with E-state index < -0.39 is 11.4 Å². The second-order valence-electron chi connectivity index (χ2n) is 5.95. The van der Waals surface area contributed by atoms with Crippen LogP contribution in [0.1, 0.15) is 18.2 Å². The predicted octanol–water partition coefficient (Wildman–Crippen LogP) is 2.91. The second-order valence-corrected chi connectivity index (χ2v) is 7.11. The van der Waals surface area contributed by atoms with Crippen LogP contribution in [0.5, 0.6) is 0 Å². The van der Waals surface area contributed by atoms with E-state index in [1.165, 1.54) is 10.1 Å². The van der Waals surface area contributed by atoms with E-state index in [0.29, 0.717) is 19.5 Å². The predicted molar refractivity (Wildman–Crippen MR) is 86.0 cm³/mol. The molecule has 0 bridgehead atoms. The molecule has 1 saturated heterocycles. The lowest BCUT2D eigenvalue weighted by molar-refractivity contribution is -0.146. The number of rotatable bonds is 3. The van der Waals surface area contributed by atoms with E-state index in [1.54, 1.807) is 23.2 Å². The normalized spacial score (nSPS) is 21.2. The molecule has 2 amide bonds. The summed E-state index contributed by atoms with van der Waals surface area (Å²) >= 11 is 1.66. The van der Waals surface area contributed by atoms with Gasteiger partial charge in [0.1, 0.15) is 0 Å². The van der Waals surface area contributed by atoms with Crippen molar-refractivity contribution in [3.8, 4) is 0 Å². The fourth-order valence-electron chi connectivity index (χ4n) is 2.71. The summed E-state index contributed by atoms with van der Waals surface area (Å²) in [6.45, 7) is 2.91. The number of benzene rings is 1. The van der Waals surface area contributed by atoms with Crippen molar-refractivity contribution < 1.29 is 14.7 Å². The third-order valence-electron chi connectivity index (χ3n) is 4.17. The number of urea groups is 1. The molecule has 0 spiro atoms. The van der Waals surface area contributed by atoms with Gasteiger partial charge in [-0.1, -0.05) is 18.2 Å². The van der Waals surface area contributed by atoms with Gasteiger partial charge >= 0.3 is 12.0 Å². The van der Waals surface area contributed by atoms with Crippen molar-refractivity contribution in [3.63, 3.8) is 0 Å². The molecule has 0 radical (unpaired) electrons. The second kappa shape index (κ2) is 5.61. The van der Waals surface area contributed by atoms with Crippen LogP contribution in [0, 0.1) is 5.41 Å². The average molecular weight is 318 g/mol. The first-order valence-corrected chi connectivity index (χ1v) is 8.03. The monoisotopic (exact) mass is 318 g/mol. The van der Waals surface area contributed by atoms with Crippen molar-refractivity contribution in [2.24, 2.45) is 5.41 Å².